The van der Waals surface area contributed by atoms with Crippen LogP contribution in [0.25, 0.3) is 11.0 Å². The van der Waals surface area contributed by atoms with Crippen molar-refractivity contribution in [3.05, 3.63) is 24.3 Å². The number of hydrogen-bond donors (Lipinski definition) is 2. The number of carbonyl (C=O) groups is 2. The lowest BCUT2D eigenvalue weighted by atomic mass is 9.87. The Labute approximate surface area is 146 Å². The lowest BCUT2D eigenvalue weighted by Crippen LogP contribution is -2.48. The van der Waals surface area contributed by atoms with E-state index < -0.39 is 0 Å². The summed E-state index contributed by atoms with van der Waals surface area (Å²) in [6.07, 6.45) is 9.32. The van der Waals surface area contributed by atoms with Gasteiger partial charge in [-0.2, -0.15) is 0 Å². The SMILES string of the molecule is CCC(=O)N1CCC(C2(NC(=O)c3cncc4[nH]cnc34)CC2)CC1. The molecule has 2 aliphatic rings. The van der Waals surface area contributed by atoms with Gasteiger partial charge >= 0.3 is 0 Å². The number of H-pyrrole nitrogens is 1. The van der Waals surface area contributed by atoms with E-state index in [-0.39, 0.29) is 17.4 Å². The van der Waals surface area contributed by atoms with Crippen molar-refractivity contribution in [2.45, 2.75) is 44.6 Å². The maximum Gasteiger partial charge on any atom is 0.255 e. The molecule has 1 aliphatic heterocycles. The third-order valence-corrected chi connectivity index (χ3v) is 5.66. The first-order valence-corrected chi connectivity index (χ1v) is 9.00. The summed E-state index contributed by atoms with van der Waals surface area (Å²) in [7, 11) is 0. The minimum absolute atomic E-state index is 0.102. The second-order valence-corrected chi connectivity index (χ2v) is 7.10. The van der Waals surface area contributed by atoms with Gasteiger partial charge in [0.05, 0.1) is 23.6 Å². The molecule has 1 saturated heterocycles. The molecule has 0 aromatic carbocycles. The number of piperidine rings is 1. The molecule has 0 radical (unpaired) electrons. The van der Waals surface area contributed by atoms with Crippen molar-refractivity contribution in [1.82, 2.24) is 25.2 Å². The van der Waals surface area contributed by atoms with Crippen LogP contribution in [-0.4, -0.2) is 50.3 Å². The maximum absolute atomic E-state index is 12.8. The highest BCUT2D eigenvalue weighted by Crippen LogP contribution is 2.47. The number of aromatic amines is 1. The number of pyridine rings is 1. The normalized spacial score (nSPS) is 19.8. The van der Waals surface area contributed by atoms with Crippen molar-refractivity contribution >= 4 is 22.8 Å². The second-order valence-electron chi connectivity index (χ2n) is 7.10. The van der Waals surface area contributed by atoms with E-state index in [1.54, 1.807) is 18.7 Å². The quantitative estimate of drug-likeness (QED) is 0.888. The van der Waals surface area contributed by atoms with Crippen LogP contribution in [0.3, 0.4) is 0 Å². The summed E-state index contributed by atoms with van der Waals surface area (Å²) >= 11 is 0. The first kappa shape index (κ1) is 16.1. The third-order valence-electron chi connectivity index (χ3n) is 5.66. The Bertz CT molecular complexity index is 803. The molecule has 132 valence electrons. The predicted molar refractivity (Wildman–Crippen MR) is 92.9 cm³/mol. The van der Waals surface area contributed by atoms with Gasteiger partial charge < -0.3 is 15.2 Å². The van der Waals surface area contributed by atoms with Crippen molar-refractivity contribution in [2.24, 2.45) is 5.92 Å². The summed E-state index contributed by atoms with van der Waals surface area (Å²) in [4.78, 5) is 38.0. The van der Waals surface area contributed by atoms with E-state index in [1.807, 2.05) is 11.8 Å². The largest absolute Gasteiger partial charge is 0.346 e. The molecule has 0 atom stereocenters. The molecule has 25 heavy (non-hydrogen) atoms. The van der Waals surface area contributed by atoms with Crippen LogP contribution in [0.15, 0.2) is 18.7 Å². The average molecular weight is 341 g/mol. The first-order chi connectivity index (χ1) is 12.1. The fraction of sp³-hybridized carbons (Fsp3) is 0.556. The average Bonchev–Trinajstić information content (AvgIpc) is 3.26. The number of amides is 2. The maximum atomic E-state index is 12.8. The van der Waals surface area contributed by atoms with Gasteiger partial charge in [0.2, 0.25) is 5.91 Å². The topological polar surface area (TPSA) is 91.0 Å². The minimum Gasteiger partial charge on any atom is -0.346 e. The molecule has 7 nitrogen and oxygen atoms in total. The second kappa shape index (κ2) is 6.13. The molecular formula is C18H23N5O2. The molecule has 0 spiro atoms. The molecule has 1 aliphatic carbocycles. The molecule has 7 heteroatoms. The summed E-state index contributed by atoms with van der Waals surface area (Å²) in [6, 6.07) is 0. The highest BCUT2D eigenvalue weighted by Gasteiger charge is 2.51. The lowest BCUT2D eigenvalue weighted by Gasteiger charge is -2.36. The van der Waals surface area contributed by atoms with Crippen LogP contribution in [0.1, 0.15) is 49.4 Å². The van der Waals surface area contributed by atoms with E-state index in [4.69, 9.17) is 0 Å². The zero-order chi connectivity index (χ0) is 17.4. The molecule has 2 aromatic heterocycles. The van der Waals surface area contributed by atoms with Crippen molar-refractivity contribution < 1.29 is 9.59 Å². The molecule has 1 saturated carbocycles. The van der Waals surface area contributed by atoms with E-state index >= 15 is 0 Å². The molecule has 2 aromatic rings. The van der Waals surface area contributed by atoms with Crippen molar-refractivity contribution in [1.29, 1.82) is 0 Å². The number of fused-ring (bicyclic) bond motifs is 1. The van der Waals surface area contributed by atoms with Crippen molar-refractivity contribution in [2.75, 3.05) is 13.1 Å². The van der Waals surface area contributed by atoms with Gasteiger partial charge in [0.1, 0.15) is 5.52 Å². The summed E-state index contributed by atoms with van der Waals surface area (Å²) < 4.78 is 0. The Hall–Kier alpha value is -2.44. The van der Waals surface area contributed by atoms with E-state index in [2.05, 4.69) is 20.3 Å². The van der Waals surface area contributed by atoms with Gasteiger partial charge in [-0.3, -0.25) is 14.6 Å². The Morgan fingerprint density at radius 3 is 2.76 bits per heavy atom. The Morgan fingerprint density at radius 2 is 2.08 bits per heavy atom. The van der Waals surface area contributed by atoms with Crippen molar-refractivity contribution in [3.63, 3.8) is 0 Å². The molecule has 4 rings (SSSR count). The van der Waals surface area contributed by atoms with Gasteiger partial charge in [-0.05, 0) is 31.6 Å². The number of carbonyl (C=O) groups excluding carboxylic acids is 2. The number of aromatic nitrogens is 3. The van der Waals surface area contributed by atoms with Crippen LogP contribution in [0.2, 0.25) is 0 Å². The first-order valence-electron chi connectivity index (χ1n) is 9.00. The fourth-order valence-corrected chi connectivity index (χ4v) is 4.00. The zero-order valence-corrected chi connectivity index (χ0v) is 14.4. The summed E-state index contributed by atoms with van der Waals surface area (Å²) in [6.45, 7) is 3.50. The molecule has 0 unspecified atom stereocenters. The zero-order valence-electron chi connectivity index (χ0n) is 14.4. The monoisotopic (exact) mass is 341 g/mol. The van der Waals surface area contributed by atoms with Crippen LogP contribution in [0.4, 0.5) is 0 Å². The minimum atomic E-state index is -0.114. The van der Waals surface area contributed by atoms with Gasteiger partial charge in [-0.15, -0.1) is 0 Å². The van der Waals surface area contributed by atoms with E-state index in [9.17, 15) is 9.59 Å². The molecule has 2 N–H and O–H groups in total. The Balaban J connectivity index is 1.45. The third kappa shape index (κ3) is 2.88. The standard InChI is InChI=1S/C18H23N5O2/c1-2-15(24)23-7-3-12(4-8-23)18(5-6-18)22-17(25)13-9-19-10-14-16(13)21-11-20-14/h9-12H,2-8H2,1H3,(H,20,21)(H,22,25). The number of likely N-dealkylation sites (tertiary alicyclic amines) is 1. The predicted octanol–water partition coefficient (Wildman–Crippen LogP) is 1.87. The summed E-state index contributed by atoms with van der Waals surface area (Å²) in [5, 5.41) is 3.26. The number of rotatable bonds is 4. The van der Waals surface area contributed by atoms with E-state index in [0.717, 1.165) is 44.3 Å². The molecular weight excluding hydrogens is 318 g/mol. The molecule has 2 amide bonds. The highest BCUT2D eigenvalue weighted by atomic mass is 16.2. The van der Waals surface area contributed by atoms with Gasteiger partial charge in [-0.25, -0.2) is 4.98 Å². The number of imidazole rings is 1. The van der Waals surface area contributed by atoms with Crippen LogP contribution < -0.4 is 5.32 Å². The van der Waals surface area contributed by atoms with Crippen LogP contribution in [0.5, 0.6) is 0 Å². The van der Waals surface area contributed by atoms with Gasteiger partial charge in [-0.1, -0.05) is 6.92 Å². The van der Waals surface area contributed by atoms with Crippen LogP contribution in [0, 0.1) is 5.92 Å². The summed E-state index contributed by atoms with van der Waals surface area (Å²) in [5.41, 5.74) is 1.83. The fourth-order valence-electron chi connectivity index (χ4n) is 4.00. The van der Waals surface area contributed by atoms with Crippen LogP contribution in [-0.2, 0) is 4.79 Å². The molecule has 0 bridgehead atoms. The van der Waals surface area contributed by atoms with E-state index in [1.165, 1.54) is 0 Å². The Kier molecular flexibility index (Phi) is 3.94. The van der Waals surface area contributed by atoms with Crippen LogP contribution >= 0.6 is 0 Å². The van der Waals surface area contributed by atoms with Crippen molar-refractivity contribution in [3.8, 4) is 0 Å². The number of hydrogen-bond acceptors (Lipinski definition) is 4. The molecule has 2 fully saturated rings. The number of nitrogens with one attached hydrogen (secondary N) is 2. The smallest absolute Gasteiger partial charge is 0.255 e. The lowest BCUT2D eigenvalue weighted by molar-refractivity contribution is -0.132. The van der Waals surface area contributed by atoms with Gasteiger partial charge in [0.25, 0.3) is 5.91 Å². The van der Waals surface area contributed by atoms with Gasteiger partial charge in [0.15, 0.2) is 0 Å². The Morgan fingerprint density at radius 1 is 1.32 bits per heavy atom. The van der Waals surface area contributed by atoms with E-state index in [0.29, 0.717) is 23.4 Å². The number of nitrogens with zero attached hydrogens (tertiary/aromatic N) is 3. The van der Waals surface area contributed by atoms with Gasteiger partial charge in [0, 0.05) is 31.2 Å². The highest BCUT2D eigenvalue weighted by molar-refractivity contribution is 6.04. The molecule has 3 heterocycles. The summed E-state index contributed by atoms with van der Waals surface area (Å²) in [5.74, 6) is 0.557.